The zero-order chi connectivity index (χ0) is 31.2. The van der Waals surface area contributed by atoms with Gasteiger partial charge >= 0.3 is 59.7 Å². The summed E-state index contributed by atoms with van der Waals surface area (Å²) in [5.41, 5.74) is 5.19. The highest BCUT2D eigenvalue weighted by Crippen LogP contribution is 2.11. The van der Waals surface area contributed by atoms with Crippen molar-refractivity contribution in [1.29, 1.82) is 0 Å². The highest BCUT2D eigenvalue weighted by molar-refractivity contribution is 6.38. The van der Waals surface area contributed by atoms with Gasteiger partial charge in [0, 0.05) is 24.3 Å². The number of carboxylic acids is 4. The van der Waals surface area contributed by atoms with Crippen LogP contribution in [0.15, 0.2) is 24.3 Å². The molecule has 3 atom stereocenters. The van der Waals surface area contributed by atoms with Crippen molar-refractivity contribution < 1.29 is 92.1 Å². The monoisotopic (exact) mass is 575 g/mol. The molecular weight excluding hydrogens is 558 g/mol. The van der Waals surface area contributed by atoms with Gasteiger partial charge in [-0.2, -0.15) is 0 Å². The van der Waals surface area contributed by atoms with E-state index in [1.807, 2.05) is 0 Å². The zero-order valence-electron chi connectivity index (χ0n) is 19.4. The fourth-order valence-electron chi connectivity index (χ4n) is 1.99. The van der Waals surface area contributed by atoms with Crippen LogP contribution in [-0.4, -0.2) is 104 Å². The fraction of sp³-hybridized carbons (Fsp3) is 0.250. The Labute approximate surface area is 219 Å². The molecule has 0 aromatic rings. The second-order valence-corrected chi connectivity index (χ2v) is 6.70. The van der Waals surface area contributed by atoms with E-state index in [0.717, 1.165) is 0 Å². The van der Waals surface area contributed by atoms with Crippen molar-refractivity contribution >= 4 is 65.5 Å². The minimum Gasteiger partial charge on any atom is -0.481 e. The Morgan fingerprint density at radius 2 is 1.12 bits per heavy atom. The van der Waals surface area contributed by atoms with Gasteiger partial charge in [0.1, 0.15) is 6.04 Å². The Morgan fingerprint density at radius 3 is 1.57 bits per heavy atom. The van der Waals surface area contributed by atoms with Gasteiger partial charge in [0.25, 0.3) is 11.9 Å². The summed E-state index contributed by atoms with van der Waals surface area (Å²) in [5, 5.41) is 34.4. The number of esters is 6. The molecule has 0 aromatic carbocycles. The molecule has 0 heterocycles. The number of ether oxygens (including phenoxy) is 4. The van der Waals surface area contributed by atoms with Crippen LogP contribution in [0.4, 0.5) is 0 Å². The van der Waals surface area contributed by atoms with Crippen LogP contribution in [0.1, 0.15) is 12.8 Å². The molecule has 0 spiro atoms. The number of nitrogens with two attached hydrogens (primary N) is 1. The lowest BCUT2D eigenvalue weighted by Gasteiger charge is -2.19. The Morgan fingerprint density at radius 1 is 0.625 bits per heavy atom. The molecule has 0 bridgehead atoms. The number of carboxylic acid groups (broad SMARTS) is 4. The van der Waals surface area contributed by atoms with Gasteiger partial charge in [-0.3, -0.25) is 19.2 Å². The normalized spacial score (nSPS) is 12.8. The molecule has 0 aliphatic heterocycles. The molecule has 0 amide bonds. The maximum Gasteiger partial charge on any atom is 0.376 e. The minimum atomic E-state index is -3.06. The Hall–Kier alpha value is -5.79. The molecule has 0 saturated carbocycles. The number of rotatable bonds is 15. The fourth-order valence-corrected chi connectivity index (χ4v) is 1.99. The maximum atomic E-state index is 12.4. The summed E-state index contributed by atoms with van der Waals surface area (Å²) in [6.07, 6.45) is -7.53. The van der Waals surface area contributed by atoms with Crippen molar-refractivity contribution in [3.8, 4) is 0 Å². The third-order valence-electron chi connectivity index (χ3n) is 3.61. The van der Waals surface area contributed by atoms with Gasteiger partial charge in [0.15, 0.2) is 0 Å². The number of aliphatic carboxylic acids is 4. The lowest BCUT2D eigenvalue weighted by atomic mass is 10.2. The van der Waals surface area contributed by atoms with Gasteiger partial charge in [0.2, 0.25) is 6.10 Å². The first-order valence-electron chi connectivity index (χ1n) is 9.92. The van der Waals surface area contributed by atoms with Crippen molar-refractivity contribution in [2.45, 2.75) is 31.1 Å². The van der Waals surface area contributed by atoms with Gasteiger partial charge in [-0.1, -0.05) is 0 Å². The smallest absolute Gasteiger partial charge is 0.376 e. The molecule has 216 valence electrons. The van der Waals surface area contributed by atoms with E-state index in [-0.39, 0.29) is 24.3 Å². The standard InChI is InChI=1S/C20H17NO19/c21-7(5-11(26)27)18(34)40-16(15(31)17(32)33)20(36)37-8(19(35)39-13(29)4-2-10(24)25)6-14(30)38-12(28)3-1-9(22)23/h1-4,7-8,16H,5-6,21H2,(H,22,23)(H,24,25)(H,26,27)(H,32,33)/b3-1+,4-2+/t7-,8?,16?/m0/s1. The summed E-state index contributed by atoms with van der Waals surface area (Å²) >= 11 is 0. The van der Waals surface area contributed by atoms with Gasteiger partial charge in [-0.15, -0.1) is 0 Å². The van der Waals surface area contributed by atoms with Gasteiger partial charge in [-0.25, -0.2) is 33.6 Å². The van der Waals surface area contributed by atoms with E-state index in [1.165, 1.54) is 0 Å². The summed E-state index contributed by atoms with van der Waals surface area (Å²) in [6.45, 7) is 0. The average Bonchev–Trinajstić information content (AvgIpc) is 2.82. The van der Waals surface area contributed by atoms with Gasteiger partial charge < -0.3 is 45.1 Å². The summed E-state index contributed by atoms with van der Waals surface area (Å²) in [5.74, 6) is -20.7. The van der Waals surface area contributed by atoms with Crippen LogP contribution in [0.2, 0.25) is 0 Å². The van der Waals surface area contributed by atoms with Crippen LogP contribution >= 0.6 is 0 Å². The van der Waals surface area contributed by atoms with Crippen LogP contribution in [0.3, 0.4) is 0 Å². The molecule has 20 nitrogen and oxygen atoms in total. The second-order valence-electron chi connectivity index (χ2n) is 6.70. The van der Waals surface area contributed by atoms with E-state index in [1.54, 1.807) is 0 Å². The molecular formula is C20H17NO19. The third kappa shape index (κ3) is 13.5. The van der Waals surface area contributed by atoms with Gasteiger partial charge in [0.05, 0.1) is 12.8 Å². The lowest BCUT2D eigenvalue weighted by molar-refractivity contribution is -0.185. The van der Waals surface area contributed by atoms with Crippen LogP contribution in [0, 0.1) is 0 Å². The Kier molecular flexibility index (Phi) is 13.8. The van der Waals surface area contributed by atoms with Gasteiger partial charge in [-0.05, 0) is 0 Å². The van der Waals surface area contributed by atoms with E-state index in [4.69, 9.17) is 26.2 Å². The first-order chi connectivity index (χ1) is 18.4. The maximum absolute atomic E-state index is 12.4. The number of hydrogen-bond donors (Lipinski definition) is 5. The molecule has 0 fully saturated rings. The lowest BCUT2D eigenvalue weighted by Crippen LogP contribution is -2.46. The molecule has 0 radical (unpaired) electrons. The topological polar surface area (TPSA) is 332 Å². The highest BCUT2D eigenvalue weighted by Gasteiger charge is 2.41. The zero-order valence-corrected chi connectivity index (χ0v) is 19.4. The van der Waals surface area contributed by atoms with Crippen molar-refractivity contribution in [3.05, 3.63) is 24.3 Å². The van der Waals surface area contributed by atoms with Crippen molar-refractivity contribution in [2.24, 2.45) is 5.73 Å². The van der Waals surface area contributed by atoms with E-state index >= 15 is 0 Å². The molecule has 0 aliphatic rings. The molecule has 0 aliphatic carbocycles. The minimum absolute atomic E-state index is 0.181. The molecule has 20 heteroatoms. The van der Waals surface area contributed by atoms with Crippen LogP contribution < -0.4 is 5.73 Å². The second kappa shape index (κ2) is 16.1. The van der Waals surface area contributed by atoms with E-state index < -0.39 is 96.6 Å². The Balaban J connectivity index is 6.03. The quantitative estimate of drug-likeness (QED) is 0.0409. The summed E-state index contributed by atoms with van der Waals surface area (Å²) in [4.78, 5) is 126. The van der Waals surface area contributed by atoms with E-state index in [0.29, 0.717) is 0 Å². The number of carbonyl (C=O) groups is 11. The highest BCUT2D eigenvalue weighted by atomic mass is 16.6. The molecule has 0 saturated heterocycles. The number of Topliss-reactive ketones (excluding diaryl/α,β-unsaturated/α-hetero) is 1. The number of carbonyl (C=O) groups excluding carboxylic acids is 7. The molecule has 0 aromatic heterocycles. The SMILES string of the molecule is N[C@@H](CC(=O)O)C(=O)OC(C(=O)OC(CC(=O)OC(=O)/C=C/C(=O)O)C(=O)OC(=O)/C=C/C(=O)O)C(=O)C(=O)O. The summed E-state index contributed by atoms with van der Waals surface area (Å²) in [7, 11) is 0. The predicted molar refractivity (Wildman–Crippen MR) is 113 cm³/mol. The van der Waals surface area contributed by atoms with E-state index in [9.17, 15) is 52.7 Å². The Bertz CT molecular complexity index is 1180. The van der Waals surface area contributed by atoms with Crippen molar-refractivity contribution in [2.75, 3.05) is 0 Å². The molecule has 0 rings (SSSR count). The molecule has 6 N–H and O–H groups in total. The van der Waals surface area contributed by atoms with Crippen molar-refractivity contribution in [1.82, 2.24) is 0 Å². The predicted octanol–water partition coefficient (Wildman–Crippen LogP) is -3.92. The first kappa shape index (κ1) is 34.2. The van der Waals surface area contributed by atoms with Crippen LogP contribution in [-0.2, 0) is 71.7 Å². The van der Waals surface area contributed by atoms with E-state index in [2.05, 4.69) is 18.9 Å². The van der Waals surface area contributed by atoms with Crippen LogP contribution in [0.25, 0.3) is 0 Å². The van der Waals surface area contributed by atoms with Crippen molar-refractivity contribution in [3.63, 3.8) is 0 Å². The summed E-state index contributed by atoms with van der Waals surface area (Å²) in [6, 6.07) is -2.03. The summed E-state index contributed by atoms with van der Waals surface area (Å²) < 4.78 is 16.9. The number of hydrogen-bond acceptors (Lipinski definition) is 16. The largest absolute Gasteiger partial charge is 0.481 e. The molecule has 40 heavy (non-hydrogen) atoms. The third-order valence-corrected chi connectivity index (χ3v) is 3.61. The molecule has 2 unspecified atom stereocenters. The number of ketones is 1. The first-order valence-corrected chi connectivity index (χ1v) is 9.92. The van der Waals surface area contributed by atoms with Crippen LogP contribution in [0.5, 0.6) is 0 Å². The average molecular weight is 575 g/mol.